The topological polar surface area (TPSA) is 118 Å². The quantitative estimate of drug-likeness (QED) is 0.257. The maximum Gasteiger partial charge on any atom is 0.337 e. The Labute approximate surface area is 297 Å². The van der Waals surface area contributed by atoms with Gasteiger partial charge in [0.25, 0.3) is 11.5 Å². The van der Waals surface area contributed by atoms with Crippen molar-refractivity contribution >= 4 is 22.8 Å². The minimum Gasteiger partial charge on any atom is -0.492 e. The summed E-state index contributed by atoms with van der Waals surface area (Å²) in [5.41, 5.74) is 1.37. The van der Waals surface area contributed by atoms with Gasteiger partial charge in [0, 0.05) is 30.9 Å². The van der Waals surface area contributed by atoms with Gasteiger partial charge >= 0.3 is 5.69 Å². The first kappa shape index (κ1) is 33.7. The van der Waals surface area contributed by atoms with Gasteiger partial charge in [0.2, 0.25) is 5.84 Å². The second-order valence-corrected chi connectivity index (χ2v) is 13.7. The Morgan fingerprint density at radius 2 is 1.79 bits per heavy atom. The lowest BCUT2D eigenvalue weighted by molar-refractivity contribution is -0.763. The number of carbonyl (C=O) groups excluding carboxylic acids is 1. The van der Waals surface area contributed by atoms with Crippen LogP contribution in [0.5, 0.6) is 5.75 Å². The Kier molecular flexibility index (Phi) is 9.24. The summed E-state index contributed by atoms with van der Waals surface area (Å²) in [6.07, 6.45) is 9.76. The molecule has 1 unspecified atom stereocenters. The monoisotopic (exact) mass is 709 g/mol. The lowest BCUT2D eigenvalue weighted by atomic mass is 9.90. The van der Waals surface area contributed by atoms with E-state index in [0.29, 0.717) is 53.8 Å². The van der Waals surface area contributed by atoms with Crippen LogP contribution in [0.4, 0.5) is 8.87 Å². The molecule has 1 saturated carbocycles. The number of hydrogen-bond acceptors (Lipinski definition) is 8. The third-order valence-corrected chi connectivity index (χ3v) is 10.3. The van der Waals surface area contributed by atoms with E-state index in [0.717, 1.165) is 48.8 Å². The zero-order valence-electron chi connectivity index (χ0n) is 28.5. The lowest BCUT2D eigenvalue weighted by Crippen LogP contribution is -3.11. The summed E-state index contributed by atoms with van der Waals surface area (Å²) >= 11 is 0. The number of carbonyl (C=O) groups is 1. The number of benzene rings is 2. The van der Waals surface area contributed by atoms with Crippen molar-refractivity contribution in [2.45, 2.75) is 50.6 Å². The van der Waals surface area contributed by atoms with Gasteiger partial charge in [-0.15, -0.1) is 0 Å². The second-order valence-electron chi connectivity index (χ2n) is 13.7. The predicted molar refractivity (Wildman–Crippen MR) is 191 cm³/mol. The molecule has 12 nitrogen and oxygen atoms in total. The van der Waals surface area contributed by atoms with Crippen molar-refractivity contribution in [3.8, 4) is 22.6 Å². The molecule has 4 aromatic rings. The molecule has 1 amide bonds. The minimum atomic E-state index is -0.679. The number of hydrogen-bond donors (Lipinski definition) is 2. The molecule has 8 rings (SSSR count). The summed E-state index contributed by atoms with van der Waals surface area (Å²) in [4.78, 5) is 52.7. The molecule has 0 bridgehead atoms. The van der Waals surface area contributed by atoms with Gasteiger partial charge in [-0.1, -0.05) is 28.7 Å². The number of aliphatic imine (C=N–C) groups is 1. The van der Waals surface area contributed by atoms with E-state index >= 15 is 0 Å². The summed E-state index contributed by atoms with van der Waals surface area (Å²) in [5.74, 6) is 0.310. The number of aromatic nitrogens is 3. The van der Waals surface area contributed by atoms with Crippen molar-refractivity contribution in [1.29, 1.82) is 0 Å². The minimum absolute atomic E-state index is 0.00278. The van der Waals surface area contributed by atoms with Crippen LogP contribution in [0.3, 0.4) is 0 Å². The van der Waals surface area contributed by atoms with Crippen LogP contribution in [0.25, 0.3) is 27.8 Å². The smallest absolute Gasteiger partial charge is 0.337 e. The highest BCUT2D eigenvalue weighted by atomic mass is 19.2. The fraction of sp³-hybridized carbons (Fsp3) is 0.342. The Balaban J connectivity index is 1.02. The highest BCUT2D eigenvalue weighted by Crippen LogP contribution is 2.29. The van der Waals surface area contributed by atoms with E-state index in [1.54, 1.807) is 12.3 Å². The van der Waals surface area contributed by atoms with E-state index in [9.17, 15) is 23.3 Å². The van der Waals surface area contributed by atoms with Crippen molar-refractivity contribution in [2.24, 2.45) is 4.99 Å². The number of pyridine rings is 1. The zero-order chi connectivity index (χ0) is 35.8. The van der Waals surface area contributed by atoms with Crippen LogP contribution in [0, 0.1) is 5.82 Å². The Hall–Kier alpha value is -5.47. The van der Waals surface area contributed by atoms with E-state index in [-0.39, 0.29) is 35.3 Å². The molecule has 0 radical (unpaired) electrons. The van der Waals surface area contributed by atoms with Gasteiger partial charge in [-0.2, -0.15) is 10.1 Å². The van der Waals surface area contributed by atoms with Gasteiger partial charge in [0.15, 0.2) is 18.0 Å². The van der Waals surface area contributed by atoms with Crippen LogP contribution in [-0.4, -0.2) is 74.8 Å². The number of likely N-dealkylation sites (tertiary alicyclic amines) is 1. The van der Waals surface area contributed by atoms with Crippen molar-refractivity contribution in [1.82, 2.24) is 29.5 Å². The van der Waals surface area contributed by atoms with E-state index in [2.05, 4.69) is 20.2 Å². The molecule has 2 N–H and O–H groups in total. The van der Waals surface area contributed by atoms with Crippen molar-refractivity contribution < 1.29 is 23.3 Å². The van der Waals surface area contributed by atoms with Crippen LogP contribution in [0.2, 0.25) is 0 Å². The summed E-state index contributed by atoms with van der Waals surface area (Å²) < 4.78 is 36.7. The molecule has 5 heterocycles. The molecular formula is C38H39F2N8O4+. The van der Waals surface area contributed by atoms with Gasteiger partial charge < -0.3 is 10.1 Å². The van der Waals surface area contributed by atoms with Crippen molar-refractivity contribution in [3.63, 3.8) is 0 Å². The average Bonchev–Trinajstić information content (AvgIpc) is 3.83. The number of quaternary nitrogens is 1. The number of fused-ring (bicyclic) bond motifs is 2. The molecule has 268 valence electrons. The zero-order valence-corrected chi connectivity index (χ0v) is 28.5. The first-order chi connectivity index (χ1) is 25.3. The SMILES string of the molecule is O=C(NC1CCC(n2c(=O)c3cc(F)cnc3n(-c3cccc(-c4ccc(OCCN5CCCC5)cc4)c3)c2=O)CC1)C1=C[NH+]2CN(F)C=CC2=N1. The number of rotatable bonds is 9. The van der Waals surface area contributed by atoms with E-state index in [4.69, 9.17) is 4.74 Å². The molecule has 2 aromatic carbocycles. The number of nitrogens with one attached hydrogen (secondary N) is 2. The largest absolute Gasteiger partial charge is 0.492 e. The third-order valence-electron chi connectivity index (χ3n) is 10.3. The predicted octanol–water partition coefficient (Wildman–Crippen LogP) is 3.24. The summed E-state index contributed by atoms with van der Waals surface area (Å²) in [6.45, 7) is 3.80. The molecule has 2 aromatic heterocycles. The Morgan fingerprint density at radius 1 is 1.00 bits per heavy atom. The first-order valence-corrected chi connectivity index (χ1v) is 17.8. The van der Waals surface area contributed by atoms with Crippen LogP contribution in [-0.2, 0) is 4.79 Å². The Bertz CT molecular complexity index is 2220. The van der Waals surface area contributed by atoms with Gasteiger partial charge in [-0.05, 0) is 93.1 Å². The molecule has 52 heavy (non-hydrogen) atoms. The Morgan fingerprint density at radius 3 is 2.58 bits per heavy atom. The molecule has 1 atom stereocenters. The normalized spacial score (nSPS) is 21.6. The number of halogens is 2. The van der Waals surface area contributed by atoms with Gasteiger partial charge in [-0.25, -0.2) is 23.6 Å². The fourth-order valence-electron chi connectivity index (χ4n) is 7.57. The van der Waals surface area contributed by atoms with Crippen LogP contribution in [0.15, 0.2) is 99.5 Å². The van der Waals surface area contributed by atoms with E-state index in [1.165, 1.54) is 34.3 Å². The standard InChI is InChI=1S/C38H38F2N8O4/c39-27-21-32-35(41-22-27)47(30-5-3-4-26(20-30)25-6-12-31(13-7-25)52-19-18-44-15-1-2-16-44)38(51)48(37(32)50)29-10-8-28(9-11-29)42-36(49)33-23-45-24-46(40)17-14-34(45)43-33/h3-7,12-14,17,20-23,28-29H,1-2,8-11,15-16,18-19,24H2,(H,42,49)/p+1. The van der Waals surface area contributed by atoms with Gasteiger partial charge in [0.05, 0.1) is 17.3 Å². The highest BCUT2D eigenvalue weighted by molar-refractivity contribution is 5.99. The number of ether oxygens (including phenoxy) is 1. The maximum absolute atomic E-state index is 14.5. The summed E-state index contributed by atoms with van der Waals surface area (Å²) in [7, 11) is 0. The summed E-state index contributed by atoms with van der Waals surface area (Å²) in [6, 6.07) is 15.6. The molecule has 1 aliphatic carbocycles. The molecule has 2 fully saturated rings. The lowest BCUT2D eigenvalue weighted by Gasteiger charge is -2.30. The summed E-state index contributed by atoms with van der Waals surface area (Å²) in [5, 5.41) is 3.54. The number of nitrogens with zero attached hydrogens (tertiary/aromatic N) is 6. The molecule has 14 heteroatoms. The van der Waals surface area contributed by atoms with Crippen molar-refractivity contribution in [2.75, 3.05) is 32.9 Å². The van der Waals surface area contributed by atoms with Crippen LogP contribution in [0.1, 0.15) is 44.6 Å². The number of amides is 1. The van der Waals surface area contributed by atoms with Crippen LogP contribution >= 0.6 is 0 Å². The molecule has 4 aliphatic rings. The van der Waals surface area contributed by atoms with Gasteiger partial charge in [0.1, 0.15) is 24.4 Å². The highest BCUT2D eigenvalue weighted by Gasteiger charge is 2.32. The van der Waals surface area contributed by atoms with Crippen LogP contribution < -0.4 is 26.2 Å². The van der Waals surface area contributed by atoms with E-state index in [1.807, 2.05) is 42.5 Å². The molecule has 1 saturated heterocycles. The second kappa shape index (κ2) is 14.3. The fourth-order valence-corrected chi connectivity index (χ4v) is 7.57. The van der Waals surface area contributed by atoms with Gasteiger partial charge in [-0.3, -0.25) is 19.1 Å². The first-order valence-electron chi connectivity index (χ1n) is 17.8. The third kappa shape index (κ3) is 6.78. The molecular weight excluding hydrogens is 670 g/mol. The molecule has 3 aliphatic heterocycles. The van der Waals surface area contributed by atoms with E-state index < -0.39 is 23.1 Å². The maximum atomic E-state index is 14.5. The van der Waals surface area contributed by atoms with Crippen molar-refractivity contribution in [3.05, 3.63) is 112 Å². The molecule has 0 spiro atoms. The average molecular weight is 710 g/mol. The number of amidine groups is 1.